The smallest absolute Gasteiger partial charge is 0.219 e. The van der Waals surface area contributed by atoms with Crippen LogP contribution >= 0.6 is 0 Å². The fraction of sp³-hybridized carbons (Fsp3) is 0.467. The number of H-pyrrole nitrogens is 1. The van der Waals surface area contributed by atoms with E-state index in [0.29, 0.717) is 5.92 Å². The van der Waals surface area contributed by atoms with Gasteiger partial charge in [-0.05, 0) is 30.0 Å². The van der Waals surface area contributed by atoms with Crippen molar-refractivity contribution < 1.29 is 4.79 Å². The van der Waals surface area contributed by atoms with E-state index in [1.165, 1.54) is 5.56 Å². The lowest BCUT2D eigenvalue weighted by Crippen LogP contribution is -2.34. The molecule has 2 aromatic heterocycles. The summed E-state index contributed by atoms with van der Waals surface area (Å²) >= 11 is 0. The van der Waals surface area contributed by atoms with Gasteiger partial charge in [0.2, 0.25) is 5.91 Å². The van der Waals surface area contributed by atoms with Gasteiger partial charge in [0.1, 0.15) is 5.65 Å². The predicted molar refractivity (Wildman–Crippen MR) is 78.4 cm³/mol. The number of amides is 1. The predicted octanol–water partition coefficient (Wildman–Crippen LogP) is 1.17. The van der Waals surface area contributed by atoms with Crippen LogP contribution in [0, 0.1) is 5.92 Å². The number of carbonyl (C=O) groups is 1. The van der Waals surface area contributed by atoms with Crippen molar-refractivity contribution in [2.24, 2.45) is 5.92 Å². The fourth-order valence-electron chi connectivity index (χ4n) is 2.84. The molecule has 1 atom stereocenters. The molecule has 2 N–H and O–H groups in total. The van der Waals surface area contributed by atoms with E-state index >= 15 is 0 Å². The van der Waals surface area contributed by atoms with Gasteiger partial charge < -0.3 is 15.2 Å². The highest BCUT2D eigenvalue weighted by molar-refractivity contribution is 5.75. The zero-order chi connectivity index (χ0) is 13.9. The van der Waals surface area contributed by atoms with Crippen LogP contribution in [-0.2, 0) is 11.2 Å². The Morgan fingerprint density at radius 3 is 3.30 bits per heavy atom. The van der Waals surface area contributed by atoms with E-state index in [1.807, 2.05) is 23.4 Å². The molecule has 0 spiro atoms. The largest absolute Gasteiger partial charge is 0.346 e. The number of pyridine rings is 1. The summed E-state index contributed by atoms with van der Waals surface area (Å²) in [6, 6.07) is 4.22. The maximum absolute atomic E-state index is 11.6. The van der Waals surface area contributed by atoms with Crippen molar-refractivity contribution in [2.75, 3.05) is 26.2 Å². The minimum atomic E-state index is 0.165. The van der Waals surface area contributed by atoms with Crippen LogP contribution in [0.2, 0.25) is 0 Å². The second-order valence-corrected chi connectivity index (χ2v) is 5.50. The summed E-state index contributed by atoms with van der Waals surface area (Å²) in [5, 5.41) is 4.56. The summed E-state index contributed by atoms with van der Waals surface area (Å²) in [5.41, 5.74) is 2.16. The van der Waals surface area contributed by atoms with Crippen LogP contribution in [0.25, 0.3) is 11.0 Å². The second kappa shape index (κ2) is 5.63. The Bertz CT molecular complexity index is 607. The molecule has 1 aliphatic heterocycles. The van der Waals surface area contributed by atoms with Gasteiger partial charge >= 0.3 is 0 Å². The normalized spacial score (nSPS) is 20.1. The van der Waals surface area contributed by atoms with Gasteiger partial charge in [0.15, 0.2) is 0 Å². The van der Waals surface area contributed by atoms with Gasteiger partial charge in [0.05, 0.1) is 0 Å². The Morgan fingerprint density at radius 1 is 1.55 bits per heavy atom. The van der Waals surface area contributed by atoms with Gasteiger partial charge in [-0.2, -0.15) is 0 Å². The van der Waals surface area contributed by atoms with Crippen molar-refractivity contribution in [1.82, 2.24) is 20.2 Å². The van der Waals surface area contributed by atoms with Crippen LogP contribution in [0.3, 0.4) is 0 Å². The maximum atomic E-state index is 11.6. The van der Waals surface area contributed by atoms with Crippen LogP contribution in [0.1, 0.15) is 12.5 Å². The molecule has 0 aromatic carbocycles. The van der Waals surface area contributed by atoms with Crippen LogP contribution in [-0.4, -0.2) is 47.0 Å². The molecule has 5 heteroatoms. The Labute approximate surface area is 118 Å². The van der Waals surface area contributed by atoms with E-state index in [9.17, 15) is 4.79 Å². The summed E-state index contributed by atoms with van der Waals surface area (Å²) < 4.78 is 0. The SMILES string of the molecule is CC(=O)N1CCNCC(Cc2cnc3[nH]ccc3c2)C1. The van der Waals surface area contributed by atoms with Gasteiger partial charge in [0, 0.05) is 50.9 Å². The quantitative estimate of drug-likeness (QED) is 0.863. The molecule has 5 nitrogen and oxygen atoms in total. The second-order valence-electron chi connectivity index (χ2n) is 5.50. The van der Waals surface area contributed by atoms with Crippen molar-refractivity contribution in [3.8, 4) is 0 Å². The fourth-order valence-corrected chi connectivity index (χ4v) is 2.84. The van der Waals surface area contributed by atoms with E-state index in [1.54, 1.807) is 6.92 Å². The van der Waals surface area contributed by atoms with E-state index in [0.717, 1.165) is 43.6 Å². The molecule has 0 saturated carbocycles. The Balaban J connectivity index is 1.73. The molecule has 2 aromatic rings. The highest BCUT2D eigenvalue weighted by Gasteiger charge is 2.20. The number of hydrogen-bond donors (Lipinski definition) is 2. The number of fused-ring (bicyclic) bond motifs is 1. The molecule has 1 unspecified atom stereocenters. The minimum Gasteiger partial charge on any atom is -0.346 e. The number of hydrogen-bond acceptors (Lipinski definition) is 3. The average Bonchev–Trinajstić information content (AvgIpc) is 2.76. The molecular formula is C15H20N4O. The molecule has 0 radical (unpaired) electrons. The Hall–Kier alpha value is -1.88. The number of nitrogens with zero attached hydrogens (tertiary/aromatic N) is 2. The van der Waals surface area contributed by atoms with Gasteiger partial charge in [-0.15, -0.1) is 0 Å². The van der Waals surface area contributed by atoms with Crippen LogP contribution in [0.5, 0.6) is 0 Å². The lowest BCUT2D eigenvalue weighted by atomic mass is 9.99. The molecule has 0 bridgehead atoms. The first kappa shape index (κ1) is 13.1. The lowest BCUT2D eigenvalue weighted by Gasteiger charge is -2.22. The number of aromatic amines is 1. The standard InChI is InChI=1S/C15H20N4O/c1-11(20)19-5-4-16-8-13(10-19)6-12-7-14-2-3-17-15(14)18-9-12/h2-3,7,9,13,16H,4-6,8,10H2,1H3,(H,17,18). The molecule has 1 fully saturated rings. The highest BCUT2D eigenvalue weighted by atomic mass is 16.2. The van der Waals surface area contributed by atoms with Crippen molar-refractivity contribution in [2.45, 2.75) is 13.3 Å². The van der Waals surface area contributed by atoms with Gasteiger partial charge in [0.25, 0.3) is 0 Å². The van der Waals surface area contributed by atoms with Crippen molar-refractivity contribution in [1.29, 1.82) is 0 Å². The first-order valence-electron chi connectivity index (χ1n) is 7.10. The molecule has 3 rings (SSSR count). The van der Waals surface area contributed by atoms with E-state index in [2.05, 4.69) is 21.4 Å². The molecule has 3 heterocycles. The number of aromatic nitrogens is 2. The molecule has 20 heavy (non-hydrogen) atoms. The Morgan fingerprint density at radius 2 is 2.45 bits per heavy atom. The minimum absolute atomic E-state index is 0.165. The van der Waals surface area contributed by atoms with Gasteiger partial charge in [-0.1, -0.05) is 0 Å². The van der Waals surface area contributed by atoms with Gasteiger partial charge in [-0.25, -0.2) is 4.98 Å². The third-order valence-electron chi connectivity index (χ3n) is 3.90. The monoisotopic (exact) mass is 272 g/mol. The van der Waals surface area contributed by atoms with Crippen LogP contribution in [0.15, 0.2) is 24.5 Å². The highest BCUT2D eigenvalue weighted by Crippen LogP contribution is 2.16. The third-order valence-corrected chi connectivity index (χ3v) is 3.90. The van der Waals surface area contributed by atoms with Crippen molar-refractivity contribution >= 4 is 16.9 Å². The Kier molecular flexibility index (Phi) is 3.69. The number of nitrogens with one attached hydrogen (secondary N) is 2. The van der Waals surface area contributed by atoms with Crippen molar-refractivity contribution in [3.63, 3.8) is 0 Å². The average molecular weight is 272 g/mol. The summed E-state index contributed by atoms with van der Waals surface area (Å²) in [4.78, 5) is 21.0. The summed E-state index contributed by atoms with van der Waals surface area (Å²) in [5.74, 6) is 0.609. The molecule has 1 saturated heterocycles. The van der Waals surface area contributed by atoms with Gasteiger partial charge in [-0.3, -0.25) is 4.79 Å². The van der Waals surface area contributed by atoms with Crippen LogP contribution < -0.4 is 5.32 Å². The lowest BCUT2D eigenvalue weighted by molar-refractivity contribution is -0.129. The van der Waals surface area contributed by atoms with E-state index < -0.39 is 0 Å². The molecule has 1 aliphatic rings. The molecule has 106 valence electrons. The van der Waals surface area contributed by atoms with Crippen molar-refractivity contribution in [3.05, 3.63) is 30.1 Å². The molecular weight excluding hydrogens is 252 g/mol. The topological polar surface area (TPSA) is 61.0 Å². The third kappa shape index (κ3) is 2.82. The first-order valence-corrected chi connectivity index (χ1v) is 7.10. The zero-order valence-electron chi connectivity index (χ0n) is 11.7. The van der Waals surface area contributed by atoms with Crippen LogP contribution in [0.4, 0.5) is 0 Å². The van der Waals surface area contributed by atoms with E-state index in [4.69, 9.17) is 0 Å². The summed E-state index contributed by atoms with van der Waals surface area (Å²) in [7, 11) is 0. The summed E-state index contributed by atoms with van der Waals surface area (Å²) in [6.45, 7) is 5.12. The molecule has 0 aliphatic carbocycles. The summed E-state index contributed by atoms with van der Waals surface area (Å²) in [6.07, 6.45) is 4.79. The first-order chi connectivity index (χ1) is 9.72. The maximum Gasteiger partial charge on any atom is 0.219 e. The molecule has 1 amide bonds. The van der Waals surface area contributed by atoms with E-state index in [-0.39, 0.29) is 5.91 Å². The number of carbonyl (C=O) groups excluding carboxylic acids is 1. The number of rotatable bonds is 2. The zero-order valence-corrected chi connectivity index (χ0v) is 11.7.